The van der Waals surface area contributed by atoms with Crippen molar-refractivity contribution < 1.29 is 38.4 Å². The third-order valence-corrected chi connectivity index (χ3v) is 8.14. The molecule has 0 saturated heterocycles. The summed E-state index contributed by atoms with van der Waals surface area (Å²) >= 11 is 13.1. The molecule has 0 fully saturated rings. The van der Waals surface area contributed by atoms with Gasteiger partial charge in [-0.3, -0.25) is 9.69 Å². The summed E-state index contributed by atoms with van der Waals surface area (Å²) < 4.78 is 23.1. The molecule has 0 bridgehead atoms. The van der Waals surface area contributed by atoms with Crippen LogP contribution in [0.5, 0.6) is 23.5 Å². The molecular formula is C36H40Cl2N4O8. The Morgan fingerprint density at radius 3 is 1.54 bits per heavy atom. The van der Waals surface area contributed by atoms with Crippen molar-refractivity contribution >= 4 is 35.3 Å². The first-order valence-electron chi connectivity index (χ1n) is 15.3. The van der Waals surface area contributed by atoms with Gasteiger partial charge in [-0.25, -0.2) is 0 Å². The van der Waals surface area contributed by atoms with Crippen molar-refractivity contribution in [3.63, 3.8) is 0 Å². The molecular weight excluding hydrogens is 687 g/mol. The second-order valence-corrected chi connectivity index (χ2v) is 12.3. The lowest BCUT2D eigenvalue weighted by Crippen LogP contribution is -2.25. The lowest BCUT2D eigenvalue weighted by atomic mass is 9.92. The summed E-state index contributed by atoms with van der Waals surface area (Å²) in [5, 5.41) is 9.81. The lowest BCUT2D eigenvalue weighted by Gasteiger charge is -2.18. The maximum atomic E-state index is 11.1. The predicted molar refractivity (Wildman–Crippen MR) is 188 cm³/mol. The van der Waals surface area contributed by atoms with E-state index in [1.165, 1.54) is 7.11 Å². The van der Waals surface area contributed by atoms with Gasteiger partial charge in [-0.15, -0.1) is 0 Å². The fourth-order valence-electron chi connectivity index (χ4n) is 5.24. The molecule has 0 aliphatic heterocycles. The molecule has 0 saturated carbocycles. The van der Waals surface area contributed by atoms with Crippen molar-refractivity contribution in [1.82, 2.24) is 19.8 Å². The molecule has 0 spiro atoms. The van der Waals surface area contributed by atoms with Gasteiger partial charge < -0.3 is 29.0 Å². The third kappa shape index (κ3) is 10.6. The fourth-order valence-corrected chi connectivity index (χ4v) is 5.70. The number of pyridine rings is 2. The van der Waals surface area contributed by atoms with Crippen LogP contribution in [0, 0.1) is 13.8 Å². The van der Waals surface area contributed by atoms with E-state index >= 15 is 0 Å². The molecule has 0 aliphatic rings. The number of likely N-dealkylation sites (N-methyl/N-ethyl adjacent to an activating group) is 1. The van der Waals surface area contributed by atoms with Crippen molar-refractivity contribution in [2.75, 3.05) is 41.9 Å². The largest absolute Gasteiger partial charge is 0.481 e. The zero-order valence-electron chi connectivity index (χ0n) is 29.0. The van der Waals surface area contributed by atoms with Crippen molar-refractivity contribution in [3.05, 3.63) is 92.0 Å². The summed E-state index contributed by atoms with van der Waals surface area (Å²) in [6, 6.07) is 15.7. The summed E-state index contributed by atoms with van der Waals surface area (Å²) in [4.78, 5) is 40.0. The van der Waals surface area contributed by atoms with Gasteiger partial charge in [0.2, 0.25) is 23.5 Å². The highest BCUT2D eigenvalue weighted by Gasteiger charge is 2.18. The average Bonchev–Trinajstić information content (AvgIpc) is 3.05. The summed E-state index contributed by atoms with van der Waals surface area (Å²) in [7, 11) is 8.71. The van der Waals surface area contributed by atoms with Gasteiger partial charge >= 0.3 is 12.1 Å². The van der Waals surface area contributed by atoms with Crippen LogP contribution in [0.2, 0.25) is 10.0 Å². The molecule has 50 heavy (non-hydrogen) atoms. The number of methoxy groups -OCH3 is 2. The lowest BCUT2D eigenvalue weighted by molar-refractivity contribution is -0.191. The molecule has 1 N–H and O–H groups in total. The van der Waals surface area contributed by atoms with Crippen molar-refractivity contribution in [2.24, 2.45) is 0 Å². The number of rotatable bonds is 15. The van der Waals surface area contributed by atoms with Crippen LogP contribution in [0.15, 0.2) is 48.5 Å². The van der Waals surface area contributed by atoms with Crippen molar-refractivity contribution in [2.45, 2.75) is 40.2 Å². The van der Waals surface area contributed by atoms with Crippen LogP contribution >= 0.6 is 23.2 Å². The third-order valence-electron chi connectivity index (χ3n) is 7.60. The Balaban J connectivity index is 0.00000217. The van der Waals surface area contributed by atoms with Gasteiger partial charge in [0.05, 0.1) is 20.8 Å². The van der Waals surface area contributed by atoms with Crippen LogP contribution in [-0.2, 0) is 40.7 Å². The highest BCUT2D eigenvalue weighted by Crippen LogP contribution is 2.34. The van der Waals surface area contributed by atoms with Crippen LogP contribution in [0.1, 0.15) is 33.4 Å². The van der Waals surface area contributed by atoms with E-state index in [2.05, 4.69) is 35.9 Å². The molecule has 4 aromatic rings. The minimum Gasteiger partial charge on any atom is -0.481 e. The Morgan fingerprint density at radius 2 is 1.16 bits per heavy atom. The SMILES string of the molecule is COc1nc(OCc2cccc(-c3cccc(COc4nc(OC)c(CN(C)CC(=O)O)cc4Cl)c3C)c2C)c(Cl)cc1CN(C)C.O=C=O. The monoisotopic (exact) mass is 726 g/mol. The molecule has 266 valence electrons. The zero-order chi connectivity index (χ0) is 37.0. The number of aliphatic carboxylic acids is 1. The van der Waals surface area contributed by atoms with Crippen molar-refractivity contribution in [3.8, 4) is 34.6 Å². The molecule has 0 amide bonds. The average molecular weight is 728 g/mol. The van der Waals surface area contributed by atoms with Crippen LogP contribution in [0.25, 0.3) is 11.1 Å². The molecule has 2 heterocycles. The number of halogens is 2. The Hall–Kier alpha value is -4.71. The normalized spacial score (nSPS) is 10.7. The minimum atomic E-state index is -0.928. The Labute approximate surface area is 301 Å². The number of carboxylic acid groups (broad SMARTS) is 1. The van der Waals surface area contributed by atoms with Gasteiger partial charge in [0, 0.05) is 24.2 Å². The number of benzene rings is 2. The minimum absolute atomic E-state index is 0.129. The molecule has 2 aromatic heterocycles. The van der Waals surface area contributed by atoms with Gasteiger partial charge in [-0.05, 0) is 80.5 Å². The highest BCUT2D eigenvalue weighted by molar-refractivity contribution is 6.32. The van der Waals surface area contributed by atoms with Gasteiger partial charge in [-0.1, -0.05) is 59.6 Å². The number of hydrogen-bond donors (Lipinski definition) is 1. The van der Waals surface area contributed by atoms with E-state index in [1.807, 2.05) is 49.3 Å². The molecule has 12 nitrogen and oxygen atoms in total. The fraction of sp³-hybridized carbons (Fsp3) is 0.333. The second-order valence-electron chi connectivity index (χ2n) is 11.5. The van der Waals surface area contributed by atoms with E-state index in [0.717, 1.165) is 38.9 Å². The summed E-state index contributed by atoms with van der Waals surface area (Å²) in [5.41, 5.74) is 7.74. The highest BCUT2D eigenvalue weighted by atomic mass is 35.5. The summed E-state index contributed by atoms with van der Waals surface area (Å²) in [5.74, 6) is 0.416. The number of carbonyl (C=O) groups excluding carboxylic acids is 2. The summed E-state index contributed by atoms with van der Waals surface area (Å²) in [6.07, 6.45) is 0.250. The van der Waals surface area contributed by atoms with Gasteiger partial charge in [0.1, 0.15) is 23.3 Å². The molecule has 4 rings (SSSR count). The van der Waals surface area contributed by atoms with E-state index in [4.69, 9.17) is 56.8 Å². The number of ether oxygens (including phenoxy) is 4. The van der Waals surface area contributed by atoms with Crippen LogP contribution in [0.4, 0.5) is 0 Å². The first kappa shape index (κ1) is 39.7. The van der Waals surface area contributed by atoms with Gasteiger partial charge in [0.15, 0.2) is 0 Å². The van der Waals surface area contributed by atoms with E-state index in [0.29, 0.717) is 46.3 Å². The van der Waals surface area contributed by atoms with E-state index < -0.39 is 5.97 Å². The predicted octanol–water partition coefficient (Wildman–Crippen LogP) is 6.24. The number of carbonyl (C=O) groups is 1. The summed E-state index contributed by atoms with van der Waals surface area (Å²) in [6.45, 7) is 5.43. The van der Waals surface area contributed by atoms with E-state index in [1.54, 1.807) is 25.1 Å². The van der Waals surface area contributed by atoms with E-state index in [9.17, 15) is 4.79 Å². The Morgan fingerprint density at radius 1 is 0.740 bits per heavy atom. The van der Waals surface area contributed by atoms with Crippen LogP contribution in [0.3, 0.4) is 0 Å². The number of carboxylic acids is 1. The van der Waals surface area contributed by atoms with Crippen LogP contribution < -0.4 is 18.9 Å². The first-order valence-corrected chi connectivity index (χ1v) is 16.0. The Kier molecular flexibility index (Phi) is 15.0. The second kappa shape index (κ2) is 18.9. The number of hydrogen-bond acceptors (Lipinski definition) is 11. The maximum Gasteiger partial charge on any atom is 0.373 e. The standard InChI is InChI=1S/C35H40Cl2N4O6.CO2/c1-21-23(19-46-34-29(36)14-25(16-40(3)4)32(38-34)44-6)10-8-12-27(21)28-13-9-11-24(22(28)2)20-47-35-30(37)15-26(33(39-35)45-7)17-41(5)18-31(42)43;2-1-3/h8-15H,16-20H2,1-7H3,(H,42,43);. The maximum absolute atomic E-state index is 11.1. The smallest absolute Gasteiger partial charge is 0.373 e. The Bertz CT molecular complexity index is 1830. The molecule has 0 atom stereocenters. The molecule has 0 aliphatic carbocycles. The molecule has 0 unspecified atom stereocenters. The quantitative estimate of drug-likeness (QED) is 0.148. The van der Waals surface area contributed by atoms with Gasteiger partial charge in [0.25, 0.3) is 0 Å². The van der Waals surface area contributed by atoms with E-state index in [-0.39, 0.29) is 31.8 Å². The number of aromatic nitrogens is 2. The zero-order valence-corrected chi connectivity index (χ0v) is 30.5. The number of nitrogens with zero attached hydrogens (tertiary/aromatic N) is 4. The molecule has 2 aromatic carbocycles. The molecule has 14 heteroatoms. The first-order chi connectivity index (χ1) is 23.8. The topological polar surface area (TPSA) is 141 Å². The van der Waals surface area contributed by atoms with Crippen LogP contribution in [-0.4, -0.2) is 78.9 Å². The van der Waals surface area contributed by atoms with Gasteiger partial charge in [-0.2, -0.15) is 19.6 Å². The molecule has 0 radical (unpaired) electrons. The van der Waals surface area contributed by atoms with Crippen molar-refractivity contribution in [1.29, 1.82) is 0 Å².